The molecule has 0 bridgehead atoms. The molecule has 0 aliphatic carbocycles. The van der Waals surface area contributed by atoms with Gasteiger partial charge in [0.2, 0.25) is 0 Å². The summed E-state index contributed by atoms with van der Waals surface area (Å²) in [5.74, 6) is 0. The maximum atomic E-state index is 4.44. The number of aromatic nitrogens is 2. The highest BCUT2D eigenvalue weighted by Crippen LogP contribution is 2.33. The lowest BCUT2D eigenvalue weighted by Crippen LogP contribution is -1.90. The van der Waals surface area contributed by atoms with Crippen LogP contribution in [0.5, 0.6) is 0 Å². The van der Waals surface area contributed by atoms with E-state index in [1.165, 1.54) is 15.6 Å². The zero-order valence-corrected chi connectivity index (χ0v) is 11.5. The van der Waals surface area contributed by atoms with Crippen molar-refractivity contribution in [2.75, 3.05) is 0 Å². The number of aryl methyl sites for hydroxylation is 1. The molecule has 84 valence electrons. The predicted molar refractivity (Wildman–Crippen MR) is 75.3 cm³/mol. The third-order valence-electron chi connectivity index (χ3n) is 2.58. The number of halogens is 1. The van der Waals surface area contributed by atoms with Gasteiger partial charge in [-0.05, 0) is 35.0 Å². The fourth-order valence-corrected chi connectivity index (χ4v) is 3.27. The van der Waals surface area contributed by atoms with Crippen molar-refractivity contribution in [1.29, 1.82) is 0 Å². The Balaban J connectivity index is 2.27. The SMILES string of the molecule is Cc1cc(-c2csc3ccccc23)nc(Br)n1. The molecule has 0 aliphatic rings. The predicted octanol–water partition coefficient (Wildman–Crippen LogP) is 4.43. The van der Waals surface area contributed by atoms with Gasteiger partial charge < -0.3 is 0 Å². The van der Waals surface area contributed by atoms with Crippen molar-refractivity contribution in [2.24, 2.45) is 0 Å². The molecule has 0 amide bonds. The van der Waals surface area contributed by atoms with Crippen LogP contribution in [-0.2, 0) is 0 Å². The van der Waals surface area contributed by atoms with E-state index in [-0.39, 0.29) is 0 Å². The largest absolute Gasteiger partial charge is 0.227 e. The Labute approximate surface area is 111 Å². The lowest BCUT2D eigenvalue weighted by Gasteiger charge is -2.01. The molecule has 0 aliphatic heterocycles. The van der Waals surface area contributed by atoms with E-state index in [0.29, 0.717) is 4.73 Å². The molecular formula is C13H9BrN2S. The Morgan fingerprint density at radius 1 is 1.18 bits per heavy atom. The number of thiophene rings is 1. The molecule has 3 aromatic rings. The quantitative estimate of drug-likeness (QED) is 0.622. The zero-order valence-electron chi connectivity index (χ0n) is 9.14. The molecule has 0 unspecified atom stereocenters. The van der Waals surface area contributed by atoms with Crippen LogP contribution >= 0.6 is 27.3 Å². The fourth-order valence-electron chi connectivity index (χ4n) is 1.85. The number of rotatable bonds is 1. The van der Waals surface area contributed by atoms with Crippen LogP contribution in [0, 0.1) is 6.92 Å². The van der Waals surface area contributed by atoms with E-state index in [9.17, 15) is 0 Å². The second-order valence-corrected chi connectivity index (χ2v) is 5.43. The minimum Gasteiger partial charge on any atom is -0.227 e. The van der Waals surface area contributed by atoms with Crippen molar-refractivity contribution in [3.63, 3.8) is 0 Å². The monoisotopic (exact) mass is 304 g/mol. The molecule has 17 heavy (non-hydrogen) atoms. The summed E-state index contributed by atoms with van der Waals surface area (Å²) in [6, 6.07) is 10.4. The van der Waals surface area contributed by atoms with Crippen LogP contribution in [0.4, 0.5) is 0 Å². The van der Waals surface area contributed by atoms with E-state index in [1.54, 1.807) is 11.3 Å². The van der Waals surface area contributed by atoms with Crippen molar-refractivity contribution in [1.82, 2.24) is 9.97 Å². The zero-order chi connectivity index (χ0) is 11.8. The van der Waals surface area contributed by atoms with Crippen molar-refractivity contribution < 1.29 is 0 Å². The Morgan fingerprint density at radius 3 is 2.82 bits per heavy atom. The first-order valence-electron chi connectivity index (χ1n) is 5.22. The highest BCUT2D eigenvalue weighted by Gasteiger charge is 2.08. The topological polar surface area (TPSA) is 25.8 Å². The van der Waals surface area contributed by atoms with E-state index >= 15 is 0 Å². The van der Waals surface area contributed by atoms with E-state index in [2.05, 4.69) is 55.5 Å². The lowest BCUT2D eigenvalue weighted by molar-refractivity contribution is 1.06. The number of hydrogen-bond donors (Lipinski definition) is 0. The molecule has 0 atom stereocenters. The second kappa shape index (κ2) is 4.20. The van der Waals surface area contributed by atoms with Gasteiger partial charge in [0.1, 0.15) is 0 Å². The molecule has 4 heteroatoms. The summed E-state index contributed by atoms with van der Waals surface area (Å²) < 4.78 is 1.93. The molecule has 0 radical (unpaired) electrons. The van der Waals surface area contributed by atoms with Crippen molar-refractivity contribution in [3.8, 4) is 11.3 Å². The molecule has 0 fully saturated rings. The van der Waals surface area contributed by atoms with Crippen LogP contribution in [-0.4, -0.2) is 9.97 Å². The molecule has 2 aromatic heterocycles. The van der Waals surface area contributed by atoms with Crippen molar-refractivity contribution in [3.05, 3.63) is 46.1 Å². The van der Waals surface area contributed by atoms with Gasteiger partial charge in [0.15, 0.2) is 4.73 Å². The summed E-state index contributed by atoms with van der Waals surface area (Å²) in [6.45, 7) is 1.98. The first-order chi connectivity index (χ1) is 8.24. The Bertz CT molecular complexity index is 670. The molecule has 0 saturated heterocycles. The van der Waals surface area contributed by atoms with Crippen LogP contribution < -0.4 is 0 Å². The summed E-state index contributed by atoms with van der Waals surface area (Å²) in [4.78, 5) is 8.67. The molecule has 2 nitrogen and oxygen atoms in total. The van der Waals surface area contributed by atoms with Crippen LogP contribution in [0.2, 0.25) is 0 Å². The van der Waals surface area contributed by atoms with E-state index < -0.39 is 0 Å². The lowest BCUT2D eigenvalue weighted by atomic mass is 10.1. The molecule has 1 aromatic carbocycles. The summed E-state index contributed by atoms with van der Waals surface area (Å²) >= 11 is 5.09. The summed E-state index contributed by atoms with van der Waals surface area (Å²) in [6.07, 6.45) is 0. The van der Waals surface area contributed by atoms with Gasteiger partial charge in [0.25, 0.3) is 0 Å². The first-order valence-corrected chi connectivity index (χ1v) is 6.89. The minimum atomic E-state index is 0.641. The van der Waals surface area contributed by atoms with Crippen LogP contribution in [0.3, 0.4) is 0 Å². The summed E-state index contributed by atoms with van der Waals surface area (Å²) in [5.41, 5.74) is 3.12. The normalized spacial score (nSPS) is 10.9. The van der Waals surface area contributed by atoms with Gasteiger partial charge in [-0.25, -0.2) is 9.97 Å². The number of fused-ring (bicyclic) bond motifs is 1. The molecule has 0 spiro atoms. The van der Waals surface area contributed by atoms with Gasteiger partial charge in [-0.15, -0.1) is 11.3 Å². The highest BCUT2D eigenvalue weighted by atomic mass is 79.9. The first kappa shape index (κ1) is 10.9. The van der Waals surface area contributed by atoms with Crippen molar-refractivity contribution in [2.45, 2.75) is 6.92 Å². The van der Waals surface area contributed by atoms with Gasteiger partial charge in [-0.1, -0.05) is 18.2 Å². The molecule has 0 saturated carbocycles. The maximum absolute atomic E-state index is 4.44. The Kier molecular flexibility index (Phi) is 2.68. The van der Waals surface area contributed by atoms with Gasteiger partial charge >= 0.3 is 0 Å². The van der Waals surface area contributed by atoms with Crippen LogP contribution in [0.15, 0.2) is 40.4 Å². The number of nitrogens with zero attached hydrogens (tertiary/aromatic N) is 2. The Hall–Kier alpha value is -1.26. The molecule has 2 heterocycles. The maximum Gasteiger partial charge on any atom is 0.197 e. The van der Waals surface area contributed by atoms with Crippen molar-refractivity contribution >= 4 is 37.4 Å². The average Bonchev–Trinajstić information content (AvgIpc) is 2.71. The summed E-state index contributed by atoms with van der Waals surface area (Å²) in [7, 11) is 0. The van der Waals surface area contributed by atoms with Crippen LogP contribution in [0.25, 0.3) is 21.3 Å². The highest BCUT2D eigenvalue weighted by molar-refractivity contribution is 9.10. The standard InChI is InChI=1S/C13H9BrN2S/c1-8-6-11(16-13(14)15-8)10-7-17-12-5-3-2-4-9(10)12/h2-7H,1H3. The van der Waals surface area contributed by atoms with Gasteiger partial charge in [0, 0.05) is 26.7 Å². The van der Waals surface area contributed by atoms with E-state index in [0.717, 1.165) is 11.4 Å². The molecular weight excluding hydrogens is 296 g/mol. The van der Waals surface area contributed by atoms with Crippen LogP contribution in [0.1, 0.15) is 5.69 Å². The smallest absolute Gasteiger partial charge is 0.197 e. The van der Waals surface area contributed by atoms with Gasteiger partial charge in [-0.3, -0.25) is 0 Å². The third kappa shape index (κ3) is 1.98. The van der Waals surface area contributed by atoms with E-state index in [4.69, 9.17) is 0 Å². The third-order valence-corrected chi connectivity index (χ3v) is 3.90. The molecule has 3 rings (SSSR count). The van der Waals surface area contributed by atoms with E-state index in [1.807, 2.05) is 13.0 Å². The fraction of sp³-hybridized carbons (Fsp3) is 0.0769. The second-order valence-electron chi connectivity index (χ2n) is 3.81. The molecule has 0 N–H and O–H groups in total. The number of benzene rings is 1. The average molecular weight is 305 g/mol. The minimum absolute atomic E-state index is 0.641. The van der Waals surface area contributed by atoms with Gasteiger partial charge in [0.05, 0.1) is 5.69 Å². The van der Waals surface area contributed by atoms with Gasteiger partial charge in [-0.2, -0.15) is 0 Å². The Morgan fingerprint density at radius 2 is 2.00 bits per heavy atom. The summed E-state index contributed by atoms with van der Waals surface area (Å²) in [5, 5.41) is 3.40. The number of hydrogen-bond acceptors (Lipinski definition) is 3.